The van der Waals surface area contributed by atoms with Crippen molar-refractivity contribution in [3.8, 4) is 0 Å². The van der Waals surface area contributed by atoms with Gasteiger partial charge in [-0.3, -0.25) is 14.9 Å². The highest BCUT2D eigenvalue weighted by Gasteiger charge is 2.48. The zero-order valence-electron chi connectivity index (χ0n) is 19.6. The number of aliphatic carboxylic acids is 1. The lowest BCUT2D eigenvalue weighted by molar-refractivity contribution is -0.152. The highest BCUT2D eigenvalue weighted by Crippen LogP contribution is 2.39. The van der Waals surface area contributed by atoms with E-state index in [9.17, 15) is 19.5 Å². The lowest BCUT2D eigenvalue weighted by atomic mass is 9.94. The molecule has 0 spiro atoms. The molecular formula is C25H36N2O6. The second-order valence-electron chi connectivity index (χ2n) is 8.99. The van der Waals surface area contributed by atoms with Crippen molar-refractivity contribution in [2.45, 2.75) is 83.1 Å². The molecule has 1 aromatic carbocycles. The molecule has 1 heterocycles. The van der Waals surface area contributed by atoms with E-state index in [2.05, 4.69) is 5.32 Å². The average Bonchev–Trinajstić information content (AvgIpc) is 3.01. The maximum Gasteiger partial charge on any atom is 0.326 e. The van der Waals surface area contributed by atoms with Gasteiger partial charge >= 0.3 is 11.9 Å². The van der Waals surface area contributed by atoms with E-state index in [1.165, 1.54) is 0 Å². The molecule has 3 unspecified atom stereocenters. The maximum absolute atomic E-state index is 13.4. The molecule has 5 atom stereocenters. The number of hydrogen-bond donors (Lipinski definition) is 2. The van der Waals surface area contributed by atoms with Gasteiger partial charge in [-0.05, 0) is 44.6 Å². The van der Waals surface area contributed by atoms with Crippen molar-refractivity contribution in [2.24, 2.45) is 5.92 Å². The van der Waals surface area contributed by atoms with Gasteiger partial charge in [0.05, 0.1) is 25.9 Å². The van der Waals surface area contributed by atoms with E-state index < -0.39 is 30.1 Å². The fraction of sp³-hybridized carbons (Fsp3) is 0.640. The molecule has 1 saturated heterocycles. The minimum atomic E-state index is -0.961. The Morgan fingerprint density at radius 3 is 2.58 bits per heavy atom. The molecule has 0 aromatic heterocycles. The summed E-state index contributed by atoms with van der Waals surface area (Å²) in [5.74, 6) is -1.51. The summed E-state index contributed by atoms with van der Waals surface area (Å²) in [5.41, 5.74) is 0.977. The number of fused-ring (bicyclic) bond motifs is 1. The van der Waals surface area contributed by atoms with E-state index in [1.807, 2.05) is 30.3 Å². The third kappa shape index (κ3) is 6.54. The molecule has 0 bridgehead atoms. The van der Waals surface area contributed by atoms with Crippen molar-refractivity contribution < 1.29 is 29.0 Å². The van der Waals surface area contributed by atoms with Crippen LogP contribution in [0.3, 0.4) is 0 Å². The van der Waals surface area contributed by atoms with Crippen LogP contribution in [0.5, 0.6) is 0 Å². The standard InChI is InChI=1S/C25H36N2O6/c1-3-33-25(31)20(16-32-15-18-10-6-4-7-11-18)26-17(2)23(28)27-21-13-9-5-8-12-19(21)14-22(27)24(29)30/h4,6-7,10-11,17,19-22,26H,3,5,8-9,12-16H2,1-2H3,(H,29,30)/t17-,19?,20?,21?,22-/m0/s1. The van der Waals surface area contributed by atoms with Crippen LogP contribution in [0.2, 0.25) is 0 Å². The largest absolute Gasteiger partial charge is 0.480 e. The topological polar surface area (TPSA) is 105 Å². The summed E-state index contributed by atoms with van der Waals surface area (Å²) in [5, 5.41) is 12.8. The molecular weight excluding hydrogens is 424 g/mol. The molecule has 3 rings (SSSR count). The SMILES string of the molecule is CCOC(=O)C(COCc1ccccc1)N[C@@H](C)C(=O)N1C2CCCCCC2C[C@H]1C(=O)O. The minimum Gasteiger partial charge on any atom is -0.480 e. The van der Waals surface area contributed by atoms with Gasteiger partial charge in [0.1, 0.15) is 12.1 Å². The number of carbonyl (C=O) groups excluding carboxylic acids is 2. The zero-order valence-corrected chi connectivity index (χ0v) is 19.6. The predicted octanol–water partition coefficient (Wildman–Crippen LogP) is 2.75. The normalized spacial score (nSPS) is 24.4. The summed E-state index contributed by atoms with van der Waals surface area (Å²) >= 11 is 0. The summed E-state index contributed by atoms with van der Waals surface area (Å²) in [6, 6.07) is 7.16. The first-order chi connectivity index (χ1) is 15.9. The van der Waals surface area contributed by atoms with Crippen LogP contribution in [0.15, 0.2) is 30.3 Å². The molecule has 182 valence electrons. The van der Waals surface area contributed by atoms with Crippen molar-refractivity contribution in [1.82, 2.24) is 10.2 Å². The van der Waals surface area contributed by atoms with Crippen molar-refractivity contribution >= 4 is 17.8 Å². The Morgan fingerprint density at radius 1 is 1.15 bits per heavy atom. The maximum atomic E-state index is 13.4. The monoisotopic (exact) mass is 460 g/mol. The highest BCUT2D eigenvalue weighted by atomic mass is 16.5. The van der Waals surface area contributed by atoms with Crippen molar-refractivity contribution in [3.63, 3.8) is 0 Å². The van der Waals surface area contributed by atoms with Crippen molar-refractivity contribution in [3.05, 3.63) is 35.9 Å². The van der Waals surface area contributed by atoms with Gasteiger partial charge in [0, 0.05) is 6.04 Å². The van der Waals surface area contributed by atoms with Crippen LogP contribution < -0.4 is 5.32 Å². The van der Waals surface area contributed by atoms with Gasteiger partial charge in [0.25, 0.3) is 0 Å². The van der Waals surface area contributed by atoms with Crippen LogP contribution in [0, 0.1) is 5.92 Å². The average molecular weight is 461 g/mol. The van der Waals surface area contributed by atoms with Crippen LogP contribution in [0.25, 0.3) is 0 Å². The Labute approximate surface area is 195 Å². The number of nitrogens with one attached hydrogen (secondary N) is 1. The zero-order chi connectivity index (χ0) is 23.8. The molecule has 1 aliphatic heterocycles. The van der Waals surface area contributed by atoms with E-state index in [0.717, 1.165) is 37.7 Å². The van der Waals surface area contributed by atoms with Crippen LogP contribution in [0.4, 0.5) is 0 Å². The van der Waals surface area contributed by atoms with Gasteiger partial charge in [-0.25, -0.2) is 4.79 Å². The van der Waals surface area contributed by atoms with Crippen LogP contribution in [-0.4, -0.2) is 65.2 Å². The smallest absolute Gasteiger partial charge is 0.326 e. The Hall–Kier alpha value is -2.45. The number of carboxylic acids is 1. The number of likely N-dealkylation sites (tertiary alicyclic amines) is 1. The van der Waals surface area contributed by atoms with Crippen molar-refractivity contribution in [2.75, 3.05) is 13.2 Å². The summed E-state index contributed by atoms with van der Waals surface area (Å²) in [4.78, 5) is 39.5. The number of rotatable bonds is 10. The summed E-state index contributed by atoms with van der Waals surface area (Å²) in [6.07, 6.45) is 5.47. The molecule has 8 nitrogen and oxygen atoms in total. The quantitative estimate of drug-likeness (QED) is 0.517. The third-order valence-electron chi connectivity index (χ3n) is 6.67. The number of ether oxygens (including phenoxy) is 2. The number of amides is 1. The molecule has 1 saturated carbocycles. The fourth-order valence-electron chi connectivity index (χ4n) is 5.07. The molecule has 33 heavy (non-hydrogen) atoms. The molecule has 2 aliphatic rings. The van der Waals surface area contributed by atoms with E-state index in [4.69, 9.17) is 9.47 Å². The Morgan fingerprint density at radius 2 is 1.88 bits per heavy atom. The Balaban J connectivity index is 1.67. The second-order valence-corrected chi connectivity index (χ2v) is 8.99. The Bertz CT molecular complexity index is 801. The number of hydrogen-bond acceptors (Lipinski definition) is 6. The molecule has 1 amide bonds. The first kappa shape index (κ1) is 25.2. The van der Waals surface area contributed by atoms with Gasteiger partial charge in [-0.15, -0.1) is 0 Å². The highest BCUT2D eigenvalue weighted by molar-refractivity contribution is 5.88. The number of esters is 1. The van der Waals surface area contributed by atoms with E-state index in [1.54, 1.807) is 18.7 Å². The van der Waals surface area contributed by atoms with Gasteiger partial charge in [-0.1, -0.05) is 49.6 Å². The lowest BCUT2D eigenvalue weighted by Gasteiger charge is -2.33. The summed E-state index contributed by atoms with van der Waals surface area (Å²) in [7, 11) is 0. The first-order valence-corrected chi connectivity index (χ1v) is 12.0. The minimum absolute atomic E-state index is 0.0414. The number of carboxylic acid groups (broad SMARTS) is 1. The van der Waals surface area contributed by atoms with Crippen LogP contribution >= 0.6 is 0 Å². The Kier molecular flexibility index (Phi) is 9.26. The first-order valence-electron chi connectivity index (χ1n) is 12.0. The summed E-state index contributed by atoms with van der Waals surface area (Å²) in [6.45, 7) is 3.99. The second kappa shape index (κ2) is 12.1. The molecule has 2 N–H and O–H groups in total. The summed E-state index contributed by atoms with van der Waals surface area (Å²) < 4.78 is 10.9. The van der Waals surface area contributed by atoms with Crippen LogP contribution in [0.1, 0.15) is 57.9 Å². The number of nitrogens with zero attached hydrogens (tertiary/aromatic N) is 1. The molecule has 2 fully saturated rings. The van der Waals surface area contributed by atoms with Gasteiger partial charge in [-0.2, -0.15) is 0 Å². The lowest BCUT2D eigenvalue weighted by Crippen LogP contribution is -2.56. The molecule has 1 aromatic rings. The number of carbonyl (C=O) groups is 3. The van der Waals surface area contributed by atoms with Gasteiger partial charge in [0.2, 0.25) is 5.91 Å². The molecule has 8 heteroatoms. The fourth-order valence-corrected chi connectivity index (χ4v) is 5.07. The molecule has 1 aliphatic carbocycles. The molecule has 0 radical (unpaired) electrons. The van der Waals surface area contributed by atoms with E-state index in [-0.39, 0.29) is 31.1 Å². The third-order valence-corrected chi connectivity index (χ3v) is 6.67. The van der Waals surface area contributed by atoms with Gasteiger partial charge in [0.15, 0.2) is 0 Å². The predicted molar refractivity (Wildman–Crippen MR) is 122 cm³/mol. The number of benzene rings is 1. The van der Waals surface area contributed by atoms with E-state index in [0.29, 0.717) is 13.0 Å². The van der Waals surface area contributed by atoms with Crippen molar-refractivity contribution in [1.29, 1.82) is 0 Å². The van der Waals surface area contributed by atoms with Gasteiger partial charge < -0.3 is 19.5 Å². The van der Waals surface area contributed by atoms with Crippen LogP contribution in [-0.2, 0) is 30.5 Å². The van der Waals surface area contributed by atoms with E-state index >= 15 is 0 Å².